The largest absolute Gasteiger partial charge is 0.464 e. The molecule has 4 heteroatoms. The van der Waals surface area contributed by atoms with Crippen molar-refractivity contribution in [1.82, 2.24) is 9.97 Å². The molecule has 18 heavy (non-hydrogen) atoms. The topological polar surface area (TPSA) is 41.8 Å². The zero-order chi connectivity index (χ0) is 12.4. The molecule has 0 aliphatic rings. The van der Waals surface area contributed by atoms with Crippen LogP contribution < -0.4 is 0 Å². The van der Waals surface area contributed by atoms with Gasteiger partial charge in [-0.1, -0.05) is 23.7 Å². The number of aromatic amines is 1. The van der Waals surface area contributed by atoms with Crippen molar-refractivity contribution in [3.05, 3.63) is 65.4 Å². The van der Waals surface area contributed by atoms with Crippen molar-refractivity contribution in [2.45, 2.75) is 6.42 Å². The van der Waals surface area contributed by atoms with Crippen molar-refractivity contribution in [1.29, 1.82) is 0 Å². The molecule has 90 valence electrons. The Morgan fingerprint density at radius 2 is 2.17 bits per heavy atom. The molecule has 0 aliphatic carbocycles. The number of imidazole rings is 1. The van der Waals surface area contributed by atoms with E-state index < -0.39 is 0 Å². The fourth-order valence-electron chi connectivity index (χ4n) is 1.96. The van der Waals surface area contributed by atoms with Gasteiger partial charge in [0.05, 0.1) is 6.26 Å². The zero-order valence-corrected chi connectivity index (χ0v) is 10.3. The molecule has 0 fully saturated rings. The molecule has 0 amide bonds. The second kappa shape index (κ2) is 4.70. The normalized spacial score (nSPS) is 10.7. The number of furan rings is 1. The number of halogens is 1. The molecular weight excluding hydrogens is 248 g/mol. The van der Waals surface area contributed by atoms with Crippen molar-refractivity contribution in [2.24, 2.45) is 0 Å². The molecule has 3 nitrogen and oxygen atoms in total. The van der Waals surface area contributed by atoms with Gasteiger partial charge in [-0.3, -0.25) is 0 Å². The predicted molar refractivity (Wildman–Crippen MR) is 70.5 cm³/mol. The third-order valence-electron chi connectivity index (χ3n) is 2.80. The van der Waals surface area contributed by atoms with Crippen LogP contribution in [-0.4, -0.2) is 9.97 Å². The maximum atomic E-state index is 6.28. The highest BCUT2D eigenvalue weighted by molar-refractivity contribution is 6.31. The van der Waals surface area contributed by atoms with Crippen LogP contribution in [0, 0.1) is 0 Å². The lowest BCUT2D eigenvalue weighted by molar-refractivity contribution is 0.581. The van der Waals surface area contributed by atoms with Crippen molar-refractivity contribution < 1.29 is 4.42 Å². The lowest BCUT2D eigenvalue weighted by atomic mass is 10.0. The SMILES string of the molecule is Clc1cccc(-c2ccco2)c1Cc1ncc[nH]1. The Labute approximate surface area is 109 Å². The third kappa shape index (κ3) is 2.05. The van der Waals surface area contributed by atoms with Crippen molar-refractivity contribution in [2.75, 3.05) is 0 Å². The standard InChI is InChI=1S/C14H11ClN2O/c15-12-4-1-3-10(13-5-2-8-18-13)11(12)9-14-16-6-7-17-14/h1-8H,9H2,(H,16,17). The smallest absolute Gasteiger partial charge is 0.134 e. The maximum Gasteiger partial charge on any atom is 0.134 e. The molecule has 0 saturated carbocycles. The average Bonchev–Trinajstić information content (AvgIpc) is 3.04. The van der Waals surface area contributed by atoms with Gasteiger partial charge in [0.15, 0.2) is 0 Å². The predicted octanol–water partition coefficient (Wildman–Crippen LogP) is 3.91. The minimum Gasteiger partial charge on any atom is -0.464 e. The van der Waals surface area contributed by atoms with Crippen molar-refractivity contribution >= 4 is 11.6 Å². The summed E-state index contributed by atoms with van der Waals surface area (Å²) < 4.78 is 5.45. The molecule has 2 heterocycles. The summed E-state index contributed by atoms with van der Waals surface area (Å²) in [6, 6.07) is 9.60. The first-order chi connectivity index (χ1) is 8.84. The highest BCUT2D eigenvalue weighted by atomic mass is 35.5. The number of H-pyrrole nitrogens is 1. The van der Waals surface area contributed by atoms with E-state index in [4.69, 9.17) is 16.0 Å². The number of hydrogen-bond donors (Lipinski definition) is 1. The van der Waals surface area contributed by atoms with E-state index >= 15 is 0 Å². The summed E-state index contributed by atoms with van der Waals surface area (Å²) in [4.78, 5) is 7.32. The summed E-state index contributed by atoms with van der Waals surface area (Å²) in [7, 11) is 0. The first kappa shape index (κ1) is 11.1. The van der Waals surface area contributed by atoms with E-state index in [1.54, 1.807) is 18.7 Å². The van der Waals surface area contributed by atoms with Gasteiger partial charge in [0.25, 0.3) is 0 Å². The molecule has 1 aromatic carbocycles. The van der Waals surface area contributed by atoms with Crippen LogP contribution in [0.2, 0.25) is 5.02 Å². The Morgan fingerprint density at radius 3 is 2.89 bits per heavy atom. The van der Waals surface area contributed by atoms with Gasteiger partial charge in [0, 0.05) is 29.4 Å². The first-order valence-corrected chi connectivity index (χ1v) is 6.02. The highest BCUT2D eigenvalue weighted by Gasteiger charge is 2.12. The van der Waals surface area contributed by atoms with Gasteiger partial charge in [0.1, 0.15) is 11.6 Å². The summed E-state index contributed by atoms with van der Waals surface area (Å²) in [5.41, 5.74) is 2.02. The Bertz CT molecular complexity index is 630. The van der Waals surface area contributed by atoms with Crippen LogP contribution in [0.5, 0.6) is 0 Å². The van der Waals surface area contributed by atoms with E-state index in [1.165, 1.54) is 0 Å². The molecule has 0 aliphatic heterocycles. The number of benzene rings is 1. The van der Waals surface area contributed by atoms with Gasteiger partial charge in [0.2, 0.25) is 0 Å². The van der Waals surface area contributed by atoms with E-state index in [0.29, 0.717) is 6.42 Å². The molecule has 0 unspecified atom stereocenters. The molecule has 0 bridgehead atoms. The van der Waals surface area contributed by atoms with Gasteiger partial charge in [-0.2, -0.15) is 0 Å². The van der Waals surface area contributed by atoms with E-state index in [2.05, 4.69) is 9.97 Å². The lowest BCUT2D eigenvalue weighted by Crippen LogP contribution is -1.95. The minimum absolute atomic E-state index is 0.655. The van der Waals surface area contributed by atoms with Crippen LogP contribution in [0.15, 0.2) is 53.4 Å². The highest BCUT2D eigenvalue weighted by Crippen LogP contribution is 2.30. The molecule has 0 atom stereocenters. The third-order valence-corrected chi connectivity index (χ3v) is 3.16. The number of nitrogens with one attached hydrogen (secondary N) is 1. The Morgan fingerprint density at radius 1 is 1.22 bits per heavy atom. The van der Waals surface area contributed by atoms with Gasteiger partial charge in [-0.15, -0.1) is 0 Å². The van der Waals surface area contributed by atoms with Crippen LogP contribution in [0.1, 0.15) is 11.4 Å². The fourth-order valence-corrected chi connectivity index (χ4v) is 2.20. The van der Waals surface area contributed by atoms with Gasteiger partial charge in [-0.25, -0.2) is 4.98 Å². The van der Waals surface area contributed by atoms with Crippen molar-refractivity contribution in [3.8, 4) is 11.3 Å². The van der Waals surface area contributed by atoms with Crippen LogP contribution in [0.3, 0.4) is 0 Å². The summed E-state index contributed by atoms with van der Waals surface area (Å²) >= 11 is 6.28. The van der Waals surface area contributed by atoms with E-state index in [0.717, 1.165) is 27.7 Å². The fraction of sp³-hybridized carbons (Fsp3) is 0.0714. The molecule has 0 saturated heterocycles. The minimum atomic E-state index is 0.655. The van der Waals surface area contributed by atoms with Crippen LogP contribution >= 0.6 is 11.6 Å². The quantitative estimate of drug-likeness (QED) is 0.774. The molecule has 2 aromatic heterocycles. The van der Waals surface area contributed by atoms with E-state index in [1.807, 2.05) is 30.3 Å². The van der Waals surface area contributed by atoms with Gasteiger partial charge < -0.3 is 9.40 Å². The molecule has 0 radical (unpaired) electrons. The van der Waals surface area contributed by atoms with Gasteiger partial charge >= 0.3 is 0 Å². The second-order valence-electron chi connectivity index (χ2n) is 3.96. The van der Waals surface area contributed by atoms with E-state index in [9.17, 15) is 0 Å². The monoisotopic (exact) mass is 258 g/mol. The Kier molecular flexibility index (Phi) is 2.90. The van der Waals surface area contributed by atoms with Crippen LogP contribution in [-0.2, 0) is 6.42 Å². The van der Waals surface area contributed by atoms with Gasteiger partial charge in [-0.05, 0) is 23.8 Å². The Hall–Kier alpha value is -2.00. The van der Waals surface area contributed by atoms with E-state index in [-0.39, 0.29) is 0 Å². The number of aromatic nitrogens is 2. The number of nitrogens with zero attached hydrogens (tertiary/aromatic N) is 1. The number of rotatable bonds is 3. The summed E-state index contributed by atoms with van der Waals surface area (Å²) in [6.45, 7) is 0. The maximum absolute atomic E-state index is 6.28. The first-order valence-electron chi connectivity index (χ1n) is 5.64. The average molecular weight is 259 g/mol. The molecular formula is C14H11ClN2O. The zero-order valence-electron chi connectivity index (χ0n) is 9.56. The molecule has 3 aromatic rings. The molecule has 0 spiro atoms. The van der Waals surface area contributed by atoms with Crippen LogP contribution in [0.25, 0.3) is 11.3 Å². The lowest BCUT2D eigenvalue weighted by Gasteiger charge is -2.08. The molecule has 1 N–H and O–H groups in total. The summed E-state index contributed by atoms with van der Waals surface area (Å²) in [6.07, 6.45) is 5.85. The summed E-state index contributed by atoms with van der Waals surface area (Å²) in [5, 5.41) is 0.723. The van der Waals surface area contributed by atoms with Crippen molar-refractivity contribution in [3.63, 3.8) is 0 Å². The number of hydrogen-bond acceptors (Lipinski definition) is 2. The second-order valence-corrected chi connectivity index (χ2v) is 4.36. The Balaban J connectivity index is 2.07. The summed E-state index contributed by atoms with van der Waals surface area (Å²) in [5.74, 6) is 1.70. The molecule has 3 rings (SSSR count). The van der Waals surface area contributed by atoms with Crippen LogP contribution in [0.4, 0.5) is 0 Å².